The number of nitrogens with one attached hydrogen (secondary N) is 1. The Balaban J connectivity index is 0. The number of carbonyl (C=O) groups is 1. The molecular weight excluding hydrogens is 407 g/mol. The standard InChI is InChI=1S/C19H38N4O.3ClH/c1-2-22-12-14-23(15-13-22)11-7-6-10-21-18(24)16-19(17-20)8-4-3-5-9-19;;;/h2-17,20H2,1H3,(H,21,24);3*1H. The van der Waals surface area contributed by atoms with Gasteiger partial charge in [-0.05, 0) is 50.7 Å². The molecule has 3 N–H and O–H groups in total. The molecule has 0 spiro atoms. The molecule has 0 atom stereocenters. The van der Waals surface area contributed by atoms with Gasteiger partial charge in [0.1, 0.15) is 0 Å². The maximum atomic E-state index is 12.2. The molecule has 2 aliphatic rings. The first-order valence-electron chi connectivity index (χ1n) is 10.1. The zero-order chi connectivity index (χ0) is 17.3. The molecule has 0 aromatic heterocycles. The average molecular weight is 448 g/mol. The second-order valence-electron chi connectivity index (χ2n) is 7.77. The summed E-state index contributed by atoms with van der Waals surface area (Å²) in [6.07, 6.45) is 8.90. The summed E-state index contributed by atoms with van der Waals surface area (Å²) in [6.45, 7) is 10.8. The van der Waals surface area contributed by atoms with Gasteiger partial charge in [0, 0.05) is 39.1 Å². The van der Waals surface area contributed by atoms with E-state index in [9.17, 15) is 4.79 Å². The van der Waals surface area contributed by atoms with E-state index in [1.54, 1.807) is 0 Å². The summed E-state index contributed by atoms with van der Waals surface area (Å²) in [4.78, 5) is 17.3. The van der Waals surface area contributed by atoms with Crippen LogP contribution in [0.15, 0.2) is 0 Å². The quantitative estimate of drug-likeness (QED) is 0.533. The third-order valence-corrected chi connectivity index (χ3v) is 6.02. The van der Waals surface area contributed by atoms with Gasteiger partial charge in [-0.2, -0.15) is 0 Å². The number of likely N-dealkylation sites (N-methyl/N-ethyl adjacent to an activating group) is 1. The molecule has 164 valence electrons. The maximum Gasteiger partial charge on any atom is 0.220 e. The first kappa shape index (κ1) is 29.4. The van der Waals surface area contributed by atoms with Crippen molar-refractivity contribution in [1.29, 1.82) is 0 Å². The minimum atomic E-state index is 0. The number of unbranched alkanes of at least 4 members (excludes halogenated alkanes) is 1. The Morgan fingerprint density at radius 2 is 1.56 bits per heavy atom. The van der Waals surface area contributed by atoms with Gasteiger partial charge >= 0.3 is 0 Å². The molecule has 0 radical (unpaired) electrons. The molecule has 2 fully saturated rings. The van der Waals surface area contributed by atoms with E-state index in [0.717, 1.165) is 25.8 Å². The monoisotopic (exact) mass is 446 g/mol. The number of halogens is 3. The van der Waals surface area contributed by atoms with E-state index in [1.807, 2.05) is 0 Å². The lowest BCUT2D eigenvalue weighted by Crippen LogP contribution is -2.46. The van der Waals surface area contributed by atoms with E-state index in [4.69, 9.17) is 5.73 Å². The molecule has 0 aromatic rings. The Bertz CT molecular complexity index is 374. The zero-order valence-electron chi connectivity index (χ0n) is 16.9. The van der Waals surface area contributed by atoms with Crippen molar-refractivity contribution in [2.24, 2.45) is 11.1 Å². The van der Waals surface area contributed by atoms with E-state index in [-0.39, 0.29) is 48.5 Å². The van der Waals surface area contributed by atoms with Gasteiger partial charge in [-0.15, -0.1) is 37.2 Å². The van der Waals surface area contributed by atoms with Gasteiger partial charge < -0.3 is 20.9 Å². The average Bonchev–Trinajstić information content (AvgIpc) is 2.62. The van der Waals surface area contributed by atoms with Gasteiger partial charge in [0.15, 0.2) is 0 Å². The Morgan fingerprint density at radius 3 is 2.11 bits per heavy atom. The molecule has 5 nitrogen and oxygen atoms in total. The second-order valence-corrected chi connectivity index (χ2v) is 7.77. The van der Waals surface area contributed by atoms with Crippen molar-refractivity contribution >= 4 is 43.1 Å². The van der Waals surface area contributed by atoms with E-state index in [2.05, 4.69) is 22.0 Å². The van der Waals surface area contributed by atoms with Crippen LogP contribution in [0.5, 0.6) is 0 Å². The van der Waals surface area contributed by atoms with Crippen LogP contribution in [0.3, 0.4) is 0 Å². The Hall–Kier alpha value is 0.220. The Kier molecular flexibility index (Phi) is 17.5. The van der Waals surface area contributed by atoms with Gasteiger partial charge in [0.2, 0.25) is 5.91 Å². The molecule has 2 rings (SSSR count). The van der Waals surface area contributed by atoms with Gasteiger partial charge in [0.25, 0.3) is 0 Å². The summed E-state index contributed by atoms with van der Waals surface area (Å²) in [6, 6.07) is 0. The van der Waals surface area contributed by atoms with E-state index >= 15 is 0 Å². The number of nitrogens with zero attached hydrogens (tertiary/aromatic N) is 2. The fraction of sp³-hybridized carbons (Fsp3) is 0.947. The first-order valence-corrected chi connectivity index (χ1v) is 10.1. The molecule has 1 aliphatic carbocycles. The normalized spacial score (nSPS) is 19.9. The molecule has 1 heterocycles. The molecular formula is C19H41Cl3N4O. The van der Waals surface area contributed by atoms with Gasteiger partial charge in [-0.3, -0.25) is 4.79 Å². The minimum absolute atomic E-state index is 0. The molecule has 8 heteroatoms. The van der Waals surface area contributed by atoms with E-state index in [1.165, 1.54) is 65.0 Å². The van der Waals surface area contributed by atoms with Crippen LogP contribution >= 0.6 is 37.2 Å². The van der Waals surface area contributed by atoms with Gasteiger partial charge in [0.05, 0.1) is 0 Å². The number of hydrogen-bond donors (Lipinski definition) is 2. The minimum Gasteiger partial charge on any atom is -0.356 e. The second kappa shape index (κ2) is 16.1. The van der Waals surface area contributed by atoms with Crippen LogP contribution in [0.4, 0.5) is 0 Å². The van der Waals surface area contributed by atoms with Crippen molar-refractivity contribution in [1.82, 2.24) is 15.1 Å². The van der Waals surface area contributed by atoms with Gasteiger partial charge in [-0.25, -0.2) is 0 Å². The van der Waals surface area contributed by atoms with Crippen molar-refractivity contribution in [2.45, 2.75) is 58.3 Å². The number of piperazine rings is 1. The molecule has 1 saturated carbocycles. The highest BCUT2D eigenvalue weighted by molar-refractivity contribution is 5.86. The first-order chi connectivity index (χ1) is 11.7. The lowest BCUT2D eigenvalue weighted by Gasteiger charge is -2.35. The highest BCUT2D eigenvalue weighted by Crippen LogP contribution is 2.38. The molecule has 1 aliphatic heterocycles. The highest BCUT2D eigenvalue weighted by Gasteiger charge is 2.32. The third kappa shape index (κ3) is 10.5. The zero-order valence-corrected chi connectivity index (χ0v) is 19.4. The highest BCUT2D eigenvalue weighted by atomic mass is 35.5. The number of carbonyl (C=O) groups excluding carboxylic acids is 1. The van der Waals surface area contributed by atoms with E-state index < -0.39 is 0 Å². The summed E-state index contributed by atoms with van der Waals surface area (Å²) in [5.74, 6) is 0.207. The van der Waals surface area contributed by atoms with Crippen LogP contribution in [0, 0.1) is 5.41 Å². The predicted molar refractivity (Wildman–Crippen MR) is 122 cm³/mol. The number of rotatable bonds is 9. The van der Waals surface area contributed by atoms with Crippen molar-refractivity contribution in [2.75, 3.05) is 52.4 Å². The smallest absolute Gasteiger partial charge is 0.220 e. The molecule has 0 unspecified atom stereocenters. The molecule has 1 saturated heterocycles. The SMILES string of the molecule is CCN1CCN(CCCCNC(=O)CC2(CN)CCCCC2)CC1.Cl.Cl.Cl. The Morgan fingerprint density at radius 1 is 0.963 bits per heavy atom. The summed E-state index contributed by atoms with van der Waals surface area (Å²) in [5, 5.41) is 3.12. The van der Waals surface area contributed by atoms with Crippen LogP contribution in [-0.4, -0.2) is 68.1 Å². The summed E-state index contributed by atoms with van der Waals surface area (Å²) in [5.41, 5.74) is 6.06. The summed E-state index contributed by atoms with van der Waals surface area (Å²) < 4.78 is 0. The van der Waals surface area contributed by atoms with Crippen LogP contribution in [0.1, 0.15) is 58.3 Å². The lowest BCUT2D eigenvalue weighted by molar-refractivity contribution is -0.123. The van der Waals surface area contributed by atoms with Crippen LogP contribution < -0.4 is 11.1 Å². The summed E-state index contributed by atoms with van der Waals surface area (Å²) in [7, 11) is 0. The topological polar surface area (TPSA) is 61.6 Å². The van der Waals surface area contributed by atoms with Gasteiger partial charge in [-0.1, -0.05) is 26.2 Å². The fourth-order valence-corrected chi connectivity index (χ4v) is 4.18. The number of hydrogen-bond acceptors (Lipinski definition) is 4. The maximum absolute atomic E-state index is 12.2. The van der Waals surface area contributed by atoms with Crippen molar-refractivity contribution < 1.29 is 4.79 Å². The fourth-order valence-electron chi connectivity index (χ4n) is 4.18. The molecule has 0 aromatic carbocycles. The van der Waals surface area contributed by atoms with Crippen molar-refractivity contribution in [3.8, 4) is 0 Å². The van der Waals surface area contributed by atoms with Crippen LogP contribution in [0.25, 0.3) is 0 Å². The lowest BCUT2D eigenvalue weighted by atomic mass is 9.71. The largest absolute Gasteiger partial charge is 0.356 e. The molecule has 27 heavy (non-hydrogen) atoms. The van der Waals surface area contributed by atoms with E-state index in [0.29, 0.717) is 13.0 Å². The van der Waals surface area contributed by atoms with Crippen LogP contribution in [0.2, 0.25) is 0 Å². The van der Waals surface area contributed by atoms with Crippen molar-refractivity contribution in [3.63, 3.8) is 0 Å². The number of amides is 1. The third-order valence-electron chi connectivity index (χ3n) is 6.02. The Labute approximate surface area is 184 Å². The number of nitrogens with two attached hydrogens (primary N) is 1. The predicted octanol–water partition coefficient (Wildman–Crippen LogP) is 3.09. The summed E-state index contributed by atoms with van der Waals surface area (Å²) >= 11 is 0. The van der Waals surface area contributed by atoms with Crippen LogP contribution in [-0.2, 0) is 4.79 Å². The van der Waals surface area contributed by atoms with Crippen molar-refractivity contribution in [3.05, 3.63) is 0 Å². The molecule has 1 amide bonds. The molecule has 0 bridgehead atoms.